The maximum Gasteiger partial charge on any atom is 0.319 e. The minimum absolute atomic E-state index is 0.152. The lowest BCUT2D eigenvalue weighted by Crippen LogP contribution is -2.38. The number of urea groups is 1. The zero-order chi connectivity index (χ0) is 21.3. The van der Waals surface area contributed by atoms with Crippen molar-refractivity contribution >= 4 is 23.9 Å². The van der Waals surface area contributed by atoms with Crippen LogP contribution in [-0.4, -0.2) is 51.8 Å². The fourth-order valence-corrected chi connectivity index (χ4v) is 3.47. The molecular formula is C24H31N3O3. The van der Waals surface area contributed by atoms with Crippen molar-refractivity contribution in [2.24, 2.45) is 5.92 Å². The molecule has 0 unspecified atom stereocenters. The van der Waals surface area contributed by atoms with E-state index < -0.39 is 0 Å². The first-order chi connectivity index (χ1) is 14.6. The highest BCUT2D eigenvalue weighted by Crippen LogP contribution is 2.24. The van der Waals surface area contributed by atoms with Gasteiger partial charge >= 0.3 is 6.03 Å². The molecule has 0 aliphatic carbocycles. The molecule has 6 heteroatoms. The van der Waals surface area contributed by atoms with Gasteiger partial charge in [-0.15, -0.1) is 0 Å². The van der Waals surface area contributed by atoms with E-state index in [1.807, 2.05) is 54.6 Å². The maximum absolute atomic E-state index is 12.2. The van der Waals surface area contributed by atoms with Gasteiger partial charge in [-0.2, -0.15) is 0 Å². The summed E-state index contributed by atoms with van der Waals surface area (Å²) in [6, 6.07) is 13.3. The number of amides is 2. The molecule has 0 atom stereocenters. The van der Waals surface area contributed by atoms with Crippen molar-refractivity contribution in [3.8, 4) is 11.5 Å². The number of anilines is 1. The SMILES string of the molecule is COc1cc(/C=C/c2ccc(NC(=O)NCC3CCN(C)CC3)cc2)cc(OC)c1. The number of carbonyl (C=O) groups excluding carboxylic acids is 1. The lowest BCUT2D eigenvalue weighted by Gasteiger charge is -2.28. The largest absolute Gasteiger partial charge is 0.497 e. The molecule has 1 heterocycles. The molecule has 2 aromatic rings. The van der Waals surface area contributed by atoms with Crippen LogP contribution in [0.3, 0.4) is 0 Å². The third-order valence-corrected chi connectivity index (χ3v) is 5.40. The van der Waals surface area contributed by atoms with E-state index in [0.717, 1.165) is 60.8 Å². The van der Waals surface area contributed by atoms with Crippen LogP contribution in [0, 0.1) is 5.92 Å². The second kappa shape index (κ2) is 10.7. The Hall–Kier alpha value is -2.99. The Morgan fingerprint density at radius 2 is 1.60 bits per heavy atom. The molecule has 2 N–H and O–H groups in total. The Morgan fingerprint density at radius 1 is 1.00 bits per heavy atom. The molecule has 0 saturated carbocycles. The van der Waals surface area contributed by atoms with E-state index in [9.17, 15) is 4.79 Å². The summed E-state index contributed by atoms with van der Waals surface area (Å²) in [5, 5.41) is 5.90. The molecular weight excluding hydrogens is 378 g/mol. The predicted molar refractivity (Wildman–Crippen MR) is 122 cm³/mol. The number of hydrogen-bond acceptors (Lipinski definition) is 4. The third-order valence-electron chi connectivity index (χ3n) is 5.40. The van der Waals surface area contributed by atoms with Crippen LogP contribution >= 0.6 is 0 Å². The predicted octanol–water partition coefficient (Wildman–Crippen LogP) is 4.34. The molecule has 6 nitrogen and oxygen atoms in total. The number of rotatable bonds is 7. The van der Waals surface area contributed by atoms with Crippen molar-refractivity contribution in [3.05, 3.63) is 53.6 Å². The van der Waals surface area contributed by atoms with Crippen LogP contribution in [0.5, 0.6) is 11.5 Å². The number of nitrogens with one attached hydrogen (secondary N) is 2. The third kappa shape index (κ3) is 6.52. The van der Waals surface area contributed by atoms with Crippen molar-refractivity contribution in [1.82, 2.24) is 10.2 Å². The van der Waals surface area contributed by atoms with E-state index >= 15 is 0 Å². The first-order valence-corrected chi connectivity index (χ1v) is 10.3. The highest BCUT2D eigenvalue weighted by atomic mass is 16.5. The number of hydrogen-bond donors (Lipinski definition) is 2. The topological polar surface area (TPSA) is 62.8 Å². The quantitative estimate of drug-likeness (QED) is 0.668. The number of piperidine rings is 1. The number of methoxy groups -OCH3 is 2. The summed E-state index contributed by atoms with van der Waals surface area (Å²) in [6.07, 6.45) is 6.29. The average molecular weight is 410 g/mol. The van der Waals surface area contributed by atoms with E-state index in [4.69, 9.17) is 9.47 Å². The standard InChI is InChI=1S/C24H31N3O3/c1-27-12-10-19(11-13-27)17-25-24(28)26-21-8-6-18(7-9-21)4-5-20-14-22(29-2)16-23(15-20)30-3/h4-9,14-16,19H,10-13,17H2,1-3H3,(H2,25,26,28)/b5-4+. The molecule has 0 bridgehead atoms. The fraction of sp³-hybridized carbons (Fsp3) is 0.375. The van der Waals surface area contributed by atoms with Gasteiger partial charge in [-0.1, -0.05) is 24.3 Å². The first-order valence-electron chi connectivity index (χ1n) is 10.3. The van der Waals surface area contributed by atoms with Gasteiger partial charge in [-0.05, 0) is 74.3 Å². The van der Waals surface area contributed by atoms with E-state index in [1.54, 1.807) is 14.2 Å². The van der Waals surface area contributed by atoms with Crippen LogP contribution in [0.2, 0.25) is 0 Å². The number of ether oxygens (including phenoxy) is 2. The van der Waals surface area contributed by atoms with E-state index in [2.05, 4.69) is 22.6 Å². The number of likely N-dealkylation sites (tertiary alicyclic amines) is 1. The molecule has 2 aromatic carbocycles. The Balaban J connectivity index is 1.51. The number of nitrogens with zero attached hydrogens (tertiary/aromatic N) is 1. The highest BCUT2D eigenvalue weighted by Gasteiger charge is 2.17. The second-order valence-corrected chi connectivity index (χ2v) is 7.68. The molecule has 2 amide bonds. The Morgan fingerprint density at radius 3 is 2.20 bits per heavy atom. The first kappa shape index (κ1) is 21.7. The smallest absolute Gasteiger partial charge is 0.319 e. The van der Waals surface area contributed by atoms with Gasteiger partial charge in [0.25, 0.3) is 0 Å². The van der Waals surface area contributed by atoms with Crippen molar-refractivity contribution in [2.75, 3.05) is 46.2 Å². The van der Waals surface area contributed by atoms with Crippen molar-refractivity contribution in [3.63, 3.8) is 0 Å². The fourth-order valence-electron chi connectivity index (χ4n) is 3.47. The molecule has 1 saturated heterocycles. The molecule has 1 aliphatic heterocycles. The minimum Gasteiger partial charge on any atom is -0.497 e. The van der Waals surface area contributed by atoms with Crippen LogP contribution in [0.1, 0.15) is 24.0 Å². The van der Waals surface area contributed by atoms with Crippen LogP contribution in [-0.2, 0) is 0 Å². The van der Waals surface area contributed by atoms with E-state index in [0.29, 0.717) is 5.92 Å². The number of benzene rings is 2. The lowest BCUT2D eigenvalue weighted by atomic mass is 9.97. The van der Waals surface area contributed by atoms with Crippen molar-refractivity contribution in [1.29, 1.82) is 0 Å². The molecule has 1 fully saturated rings. The van der Waals surface area contributed by atoms with E-state index in [1.165, 1.54) is 0 Å². The molecule has 1 aliphatic rings. The normalized spacial score (nSPS) is 15.2. The van der Waals surface area contributed by atoms with Crippen LogP contribution in [0.15, 0.2) is 42.5 Å². The zero-order valence-electron chi connectivity index (χ0n) is 18.0. The molecule has 0 radical (unpaired) electrons. The summed E-state index contributed by atoms with van der Waals surface area (Å²) in [5.74, 6) is 2.06. The summed E-state index contributed by atoms with van der Waals surface area (Å²) >= 11 is 0. The summed E-state index contributed by atoms with van der Waals surface area (Å²) < 4.78 is 10.6. The summed E-state index contributed by atoms with van der Waals surface area (Å²) in [5.41, 5.74) is 2.80. The van der Waals surface area contributed by atoms with Crippen molar-refractivity contribution in [2.45, 2.75) is 12.8 Å². The molecule has 3 rings (SSSR count). The van der Waals surface area contributed by atoms with Crippen LogP contribution in [0.25, 0.3) is 12.2 Å². The Bertz CT molecular complexity index is 834. The monoisotopic (exact) mass is 409 g/mol. The lowest BCUT2D eigenvalue weighted by molar-refractivity contribution is 0.213. The minimum atomic E-state index is -0.152. The van der Waals surface area contributed by atoms with Gasteiger partial charge in [-0.3, -0.25) is 0 Å². The summed E-state index contributed by atoms with van der Waals surface area (Å²) in [6.45, 7) is 2.93. The van der Waals surface area contributed by atoms with Gasteiger partial charge in [-0.25, -0.2) is 4.79 Å². The van der Waals surface area contributed by atoms with Crippen molar-refractivity contribution < 1.29 is 14.3 Å². The molecule has 30 heavy (non-hydrogen) atoms. The zero-order valence-corrected chi connectivity index (χ0v) is 18.0. The Labute approximate surface area is 178 Å². The van der Waals surface area contributed by atoms with Crippen LogP contribution < -0.4 is 20.1 Å². The average Bonchev–Trinajstić information content (AvgIpc) is 2.78. The summed E-state index contributed by atoms with van der Waals surface area (Å²) in [7, 11) is 5.42. The molecule has 0 spiro atoms. The van der Waals surface area contributed by atoms with Gasteiger partial charge < -0.3 is 25.0 Å². The molecule has 0 aromatic heterocycles. The van der Waals surface area contributed by atoms with Gasteiger partial charge in [0.1, 0.15) is 11.5 Å². The Kier molecular flexibility index (Phi) is 7.74. The highest BCUT2D eigenvalue weighted by molar-refractivity contribution is 5.89. The van der Waals surface area contributed by atoms with Gasteiger partial charge in [0.05, 0.1) is 14.2 Å². The van der Waals surface area contributed by atoms with Gasteiger partial charge in [0.2, 0.25) is 0 Å². The van der Waals surface area contributed by atoms with Crippen LogP contribution in [0.4, 0.5) is 10.5 Å². The maximum atomic E-state index is 12.2. The molecule has 160 valence electrons. The van der Waals surface area contributed by atoms with E-state index in [-0.39, 0.29) is 6.03 Å². The number of carbonyl (C=O) groups is 1. The summed E-state index contributed by atoms with van der Waals surface area (Å²) in [4.78, 5) is 14.5. The second-order valence-electron chi connectivity index (χ2n) is 7.68. The van der Waals surface area contributed by atoms with Gasteiger partial charge in [0, 0.05) is 18.3 Å². The van der Waals surface area contributed by atoms with Gasteiger partial charge in [0.15, 0.2) is 0 Å².